The largest absolute Gasteiger partial charge is 0.479 e. The van der Waals surface area contributed by atoms with E-state index in [4.69, 9.17) is 4.74 Å². The van der Waals surface area contributed by atoms with Crippen LogP contribution in [0.15, 0.2) is 72.8 Å². The number of nitrogens with one attached hydrogen (secondary N) is 1. The van der Waals surface area contributed by atoms with E-state index in [1.165, 1.54) is 0 Å². The fourth-order valence-electron chi connectivity index (χ4n) is 4.13. The number of alkyl halides is 3. The van der Waals surface area contributed by atoms with Crippen molar-refractivity contribution < 1.29 is 37.7 Å². The lowest BCUT2D eigenvalue weighted by atomic mass is 9.98. The lowest BCUT2D eigenvalue weighted by Crippen LogP contribution is -2.40. The summed E-state index contributed by atoms with van der Waals surface area (Å²) in [6.45, 7) is -0.0528. The third-order valence-corrected chi connectivity index (χ3v) is 5.78. The fourth-order valence-corrected chi connectivity index (χ4v) is 4.13. The molecule has 176 valence electrons. The number of carbonyl (C=O) groups excluding carboxylic acids is 1. The second kappa shape index (κ2) is 9.18. The normalized spacial score (nSPS) is 14.6. The molecule has 0 aliphatic heterocycles. The Labute approximate surface area is 192 Å². The molecule has 0 heterocycles. The van der Waals surface area contributed by atoms with Crippen molar-refractivity contribution in [1.29, 1.82) is 0 Å². The lowest BCUT2D eigenvalue weighted by molar-refractivity contribution is -0.148. The minimum absolute atomic E-state index is 0.0172. The summed E-state index contributed by atoms with van der Waals surface area (Å²) < 4.78 is 43.9. The summed E-state index contributed by atoms with van der Waals surface area (Å²) in [5.74, 6) is -1.89. The number of halogens is 3. The van der Waals surface area contributed by atoms with Crippen LogP contribution in [-0.4, -0.2) is 35.0 Å². The van der Waals surface area contributed by atoms with Gasteiger partial charge in [0.15, 0.2) is 6.10 Å². The Morgan fingerprint density at radius 3 is 1.94 bits per heavy atom. The van der Waals surface area contributed by atoms with Crippen molar-refractivity contribution in [3.05, 3.63) is 95.1 Å². The number of hydrogen-bond acceptors (Lipinski definition) is 4. The highest BCUT2D eigenvalue weighted by Gasteiger charge is 2.34. The second-order valence-electron chi connectivity index (χ2n) is 7.85. The van der Waals surface area contributed by atoms with E-state index in [1.54, 1.807) is 0 Å². The number of aliphatic hydroxyl groups excluding tert-OH is 1. The molecule has 0 aromatic heterocycles. The van der Waals surface area contributed by atoms with Crippen LogP contribution in [-0.2, 0) is 15.7 Å². The molecule has 1 aliphatic rings. The number of carboxylic acids is 1. The maximum Gasteiger partial charge on any atom is 0.416 e. The van der Waals surface area contributed by atoms with E-state index in [1.807, 2.05) is 48.5 Å². The minimum Gasteiger partial charge on any atom is -0.479 e. The molecule has 0 spiro atoms. The summed E-state index contributed by atoms with van der Waals surface area (Å²) >= 11 is 0. The molecule has 1 amide bonds. The third kappa shape index (κ3) is 4.60. The Morgan fingerprint density at radius 2 is 1.44 bits per heavy atom. The number of carbonyl (C=O) groups is 2. The van der Waals surface area contributed by atoms with Crippen LogP contribution in [0.25, 0.3) is 11.1 Å². The van der Waals surface area contributed by atoms with Crippen LogP contribution in [0, 0.1) is 0 Å². The number of benzene rings is 3. The average Bonchev–Trinajstić information content (AvgIpc) is 3.14. The summed E-state index contributed by atoms with van der Waals surface area (Å²) in [6, 6.07) is 17.4. The quantitative estimate of drug-likeness (QED) is 0.483. The van der Waals surface area contributed by atoms with Gasteiger partial charge in [-0.2, -0.15) is 13.2 Å². The van der Waals surface area contributed by atoms with Gasteiger partial charge in [-0.15, -0.1) is 0 Å². The standard InChI is InChI=1S/C25H20F3NO5/c26-25(27,28)15-11-9-14(10-12-15)21(22(30)23(31)32)29-24(33)34-13-20-18-7-3-1-5-16(18)17-6-2-4-8-19(17)20/h1-12,20-22,30H,13H2,(H,29,33)(H,31,32)/t21-,22-/m0/s1. The molecule has 4 rings (SSSR count). The number of carboxylic acid groups (broad SMARTS) is 1. The van der Waals surface area contributed by atoms with Gasteiger partial charge in [0, 0.05) is 5.92 Å². The molecular formula is C25H20F3NO5. The van der Waals surface area contributed by atoms with Crippen LogP contribution >= 0.6 is 0 Å². The second-order valence-corrected chi connectivity index (χ2v) is 7.85. The van der Waals surface area contributed by atoms with E-state index in [-0.39, 0.29) is 18.1 Å². The number of ether oxygens (including phenoxy) is 1. The zero-order valence-electron chi connectivity index (χ0n) is 17.6. The molecule has 0 fully saturated rings. The molecule has 0 bridgehead atoms. The van der Waals surface area contributed by atoms with Crippen LogP contribution < -0.4 is 5.32 Å². The average molecular weight is 471 g/mol. The van der Waals surface area contributed by atoms with Gasteiger partial charge in [0.05, 0.1) is 11.6 Å². The monoisotopic (exact) mass is 471 g/mol. The van der Waals surface area contributed by atoms with Crippen molar-refractivity contribution in [2.24, 2.45) is 0 Å². The number of amides is 1. The number of hydrogen-bond donors (Lipinski definition) is 3. The molecule has 3 N–H and O–H groups in total. The van der Waals surface area contributed by atoms with Crippen LogP contribution in [0.3, 0.4) is 0 Å². The SMILES string of the molecule is O=C(N[C@@H](c1ccc(C(F)(F)F)cc1)[C@H](O)C(=O)O)OCC1c2ccccc2-c2ccccc21. The van der Waals surface area contributed by atoms with Gasteiger partial charge in [-0.25, -0.2) is 9.59 Å². The Bertz CT molecular complexity index is 1160. The van der Waals surface area contributed by atoms with E-state index in [0.717, 1.165) is 46.5 Å². The van der Waals surface area contributed by atoms with Gasteiger partial charge in [-0.3, -0.25) is 0 Å². The van der Waals surface area contributed by atoms with E-state index in [9.17, 15) is 33.0 Å². The van der Waals surface area contributed by atoms with Gasteiger partial charge in [0.25, 0.3) is 0 Å². The molecule has 0 saturated carbocycles. The minimum atomic E-state index is -4.58. The van der Waals surface area contributed by atoms with E-state index >= 15 is 0 Å². The summed E-state index contributed by atoms with van der Waals surface area (Å²) in [6.07, 6.45) is -7.69. The summed E-state index contributed by atoms with van der Waals surface area (Å²) in [5.41, 5.74) is 3.03. The zero-order chi connectivity index (χ0) is 24.5. The predicted octanol–water partition coefficient (Wildman–Crippen LogP) is 4.73. The zero-order valence-corrected chi connectivity index (χ0v) is 17.6. The number of aliphatic hydroxyl groups is 1. The van der Waals surface area contributed by atoms with Gasteiger partial charge >= 0.3 is 18.2 Å². The highest BCUT2D eigenvalue weighted by molar-refractivity contribution is 5.79. The number of aliphatic carboxylic acids is 1. The van der Waals surface area contributed by atoms with Crippen LogP contribution in [0.5, 0.6) is 0 Å². The fraction of sp³-hybridized carbons (Fsp3) is 0.200. The molecule has 6 nitrogen and oxygen atoms in total. The van der Waals surface area contributed by atoms with Crippen LogP contribution in [0.1, 0.15) is 34.2 Å². The van der Waals surface area contributed by atoms with E-state index in [0.29, 0.717) is 0 Å². The van der Waals surface area contributed by atoms with Gasteiger partial charge in [0.2, 0.25) is 0 Å². The Kier molecular flexibility index (Phi) is 6.30. The molecule has 2 atom stereocenters. The predicted molar refractivity (Wildman–Crippen MR) is 116 cm³/mol. The first-order valence-corrected chi connectivity index (χ1v) is 10.4. The molecule has 0 radical (unpaired) electrons. The molecule has 3 aromatic carbocycles. The van der Waals surface area contributed by atoms with E-state index < -0.39 is 35.9 Å². The molecule has 0 unspecified atom stereocenters. The van der Waals surface area contributed by atoms with Crippen LogP contribution in [0.4, 0.5) is 18.0 Å². The lowest BCUT2D eigenvalue weighted by Gasteiger charge is -2.23. The van der Waals surface area contributed by atoms with Gasteiger partial charge in [-0.05, 0) is 39.9 Å². The number of fused-ring (bicyclic) bond motifs is 3. The van der Waals surface area contributed by atoms with Crippen molar-refractivity contribution >= 4 is 12.1 Å². The molecule has 9 heteroatoms. The van der Waals surface area contributed by atoms with Crippen molar-refractivity contribution in [3.8, 4) is 11.1 Å². The molecule has 1 aliphatic carbocycles. The first-order chi connectivity index (χ1) is 16.2. The Balaban J connectivity index is 1.50. The maximum atomic E-state index is 12.8. The van der Waals surface area contributed by atoms with Crippen molar-refractivity contribution in [3.63, 3.8) is 0 Å². The maximum absolute atomic E-state index is 12.8. The number of rotatable bonds is 6. The Hall–Kier alpha value is -3.85. The smallest absolute Gasteiger partial charge is 0.416 e. The molecule has 34 heavy (non-hydrogen) atoms. The van der Waals surface area contributed by atoms with Crippen LogP contribution in [0.2, 0.25) is 0 Å². The van der Waals surface area contributed by atoms with E-state index in [2.05, 4.69) is 5.32 Å². The highest BCUT2D eigenvalue weighted by atomic mass is 19.4. The summed E-state index contributed by atoms with van der Waals surface area (Å²) in [5, 5.41) is 21.5. The first-order valence-electron chi connectivity index (χ1n) is 10.4. The van der Waals surface area contributed by atoms with Gasteiger partial charge in [0.1, 0.15) is 6.61 Å². The van der Waals surface area contributed by atoms with Gasteiger partial charge in [-0.1, -0.05) is 60.7 Å². The van der Waals surface area contributed by atoms with Crippen molar-refractivity contribution in [2.75, 3.05) is 6.61 Å². The Morgan fingerprint density at radius 1 is 0.912 bits per heavy atom. The first kappa shape index (κ1) is 23.3. The van der Waals surface area contributed by atoms with Crippen molar-refractivity contribution in [2.45, 2.75) is 24.2 Å². The highest BCUT2D eigenvalue weighted by Crippen LogP contribution is 2.44. The third-order valence-electron chi connectivity index (χ3n) is 5.78. The molecule has 0 saturated heterocycles. The molecular weight excluding hydrogens is 451 g/mol. The summed E-state index contributed by atoms with van der Waals surface area (Å²) in [7, 11) is 0. The molecule has 3 aromatic rings. The topological polar surface area (TPSA) is 95.9 Å². The number of alkyl carbamates (subject to hydrolysis) is 1. The van der Waals surface area contributed by atoms with Crippen molar-refractivity contribution in [1.82, 2.24) is 5.32 Å². The summed E-state index contributed by atoms with van der Waals surface area (Å²) in [4.78, 5) is 23.9. The van der Waals surface area contributed by atoms with Gasteiger partial charge < -0.3 is 20.3 Å².